The number of carbonyl (C=O) groups is 2. The molecule has 1 aliphatic carbocycles. The predicted octanol–water partition coefficient (Wildman–Crippen LogP) is 2.82. The van der Waals surface area contributed by atoms with Gasteiger partial charge in [-0.25, -0.2) is 13.2 Å². The number of amides is 1. The number of nitrogens with zero attached hydrogens (tertiary/aromatic N) is 1. The van der Waals surface area contributed by atoms with Gasteiger partial charge >= 0.3 is 5.97 Å². The van der Waals surface area contributed by atoms with Crippen LogP contribution in [0.2, 0.25) is 0 Å². The van der Waals surface area contributed by atoms with Crippen molar-refractivity contribution in [2.45, 2.75) is 43.0 Å². The molecule has 1 aromatic carbocycles. The van der Waals surface area contributed by atoms with Crippen LogP contribution in [0.3, 0.4) is 0 Å². The van der Waals surface area contributed by atoms with Gasteiger partial charge in [0.2, 0.25) is 15.9 Å². The first-order valence-corrected chi connectivity index (χ1v) is 12.3. The molecule has 1 amide bonds. The summed E-state index contributed by atoms with van der Waals surface area (Å²) in [4.78, 5) is 26.6. The van der Waals surface area contributed by atoms with E-state index >= 15 is 0 Å². The van der Waals surface area contributed by atoms with Gasteiger partial charge in [-0.1, -0.05) is 0 Å². The fraction of sp³-hybridized carbons (Fsp3) is 0.429. The lowest BCUT2D eigenvalue weighted by atomic mass is 10.1. The molecule has 1 saturated heterocycles. The lowest BCUT2D eigenvalue weighted by Crippen LogP contribution is -2.43. The van der Waals surface area contributed by atoms with Gasteiger partial charge in [0.15, 0.2) is 0 Å². The molecule has 0 bridgehead atoms. The van der Waals surface area contributed by atoms with Gasteiger partial charge < -0.3 is 14.8 Å². The summed E-state index contributed by atoms with van der Waals surface area (Å²) in [6, 6.07) is 5.26. The molecule has 1 aromatic heterocycles. The zero-order valence-corrected chi connectivity index (χ0v) is 19.0. The third kappa shape index (κ3) is 3.95. The lowest BCUT2D eigenvalue weighted by molar-refractivity contribution is -0.119. The summed E-state index contributed by atoms with van der Waals surface area (Å²) in [5.74, 6) is -0.362. The van der Waals surface area contributed by atoms with Crippen molar-refractivity contribution in [3.05, 3.63) is 40.3 Å². The number of carbonyl (C=O) groups excluding carboxylic acids is 2. The van der Waals surface area contributed by atoms with Crippen molar-refractivity contribution >= 4 is 38.2 Å². The molecule has 1 atom stereocenters. The van der Waals surface area contributed by atoms with Gasteiger partial charge in [0.1, 0.15) is 16.8 Å². The number of nitrogens with one attached hydrogen (secondary N) is 1. The zero-order chi connectivity index (χ0) is 22.2. The highest BCUT2D eigenvalue weighted by Crippen LogP contribution is 2.40. The number of rotatable bonds is 6. The highest BCUT2D eigenvalue weighted by atomic mass is 32.2. The molecule has 1 unspecified atom stereocenters. The predicted molar refractivity (Wildman–Crippen MR) is 116 cm³/mol. The summed E-state index contributed by atoms with van der Waals surface area (Å²) in [5, 5.41) is 3.26. The van der Waals surface area contributed by atoms with E-state index < -0.39 is 27.9 Å². The maximum absolute atomic E-state index is 13.2. The topological polar surface area (TPSA) is 102 Å². The summed E-state index contributed by atoms with van der Waals surface area (Å²) in [6.45, 7) is 0.261. The summed E-state index contributed by atoms with van der Waals surface area (Å²) >= 11 is 1.37. The summed E-state index contributed by atoms with van der Waals surface area (Å²) in [6.07, 6.45) is 3.60. The number of hydrogen-bond donors (Lipinski definition) is 1. The van der Waals surface area contributed by atoms with Gasteiger partial charge in [0, 0.05) is 11.4 Å². The highest BCUT2D eigenvalue weighted by molar-refractivity contribution is 7.89. The van der Waals surface area contributed by atoms with E-state index in [4.69, 9.17) is 9.47 Å². The molecular formula is C21H24N2O6S2. The molecule has 8 nitrogen and oxygen atoms in total. The van der Waals surface area contributed by atoms with Gasteiger partial charge in [-0.2, -0.15) is 4.31 Å². The normalized spacial score (nSPS) is 18.6. The van der Waals surface area contributed by atoms with E-state index in [0.717, 1.165) is 29.7 Å². The lowest BCUT2D eigenvalue weighted by Gasteiger charge is -2.23. The first-order valence-electron chi connectivity index (χ1n) is 10.1. The number of aryl methyl sites for hydroxylation is 1. The van der Waals surface area contributed by atoms with Crippen molar-refractivity contribution in [1.82, 2.24) is 4.31 Å². The standard InChI is InChI=1S/C21H24N2O6S2/c1-28-13-8-10-14(11-9-13)31(26,27)23-12-4-6-16(23)19(24)22-20-18(21(25)29-2)15-5-3-7-17(15)30-20/h8-11,16H,3-7,12H2,1-2H3,(H,22,24). The second-order valence-electron chi connectivity index (χ2n) is 7.49. The smallest absolute Gasteiger partial charge is 0.341 e. The fourth-order valence-corrected chi connectivity index (χ4v) is 7.12. The van der Waals surface area contributed by atoms with Gasteiger partial charge in [-0.05, 0) is 61.9 Å². The second-order valence-corrected chi connectivity index (χ2v) is 10.5. The van der Waals surface area contributed by atoms with Crippen LogP contribution in [-0.2, 0) is 32.4 Å². The van der Waals surface area contributed by atoms with Gasteiger partial charge in [-0.15, -0.1) is 11.3 Å². The summed E-state index contributed by atoms with van der Waals surface area (Å²) in [5.41, 5.74) is 1.33. The van der Waals surface area contributed by atoms with Gasteiger partial charge in [-0.3, -0.25) is 4.79 Å². The largest absolute Gasteiger partial charge is 0.497 e. The minimum absolute atomic E-state index is 0.110. The second kappa shape index (κ2) is 8.60. The van der Waals surface area contributed by atoms with Gasteiger partial charge in [0.05, 0.1) is 24.7 Å². The minimum Gasteiger partial charge on any atom is -0.497 e. The van der Waals surface area contributed by atoms with Crippen LogP contribution in [0.1, 0.15) is 40.1 Å². The molecule has 4 rings (SSSR count). The van der Waals surface area contributed by atoms with Crippen LogP contribution in [0.25, 0.3) is 0 Å². The van der Waals surface area contributed by atoms with E-state index in [1.165, 1.54) is 42.0 Å². The molecule has 0 saturated carbocycles. The number of hydrogen-bond acceptors (Lipinski definition) is 7. The number of thiophene rings is 1. The quantitative estimate of drug-likeness (QED) is 0.660. The molecule has 1 fully saturated rings. The van der Waals surface area contributed by atoms with Gasteiger partial charge in [0.25, 0.3) is 0 Å². The Hall–Kier alpha value is -2.43. The Morgan fingerprint density at radius 2 is 1.87 bits per heavy atom. The summed E-state index contributed by atoms with van der Waals surface area (Å²) < 4.78 is 37.6. The van der Waals surface area contributed by atoms with E-state index in [0.29, 0.717) is 29.2 Å². The number of fused-ring (bicyclic) bond motifs is 1. The van der Waals surface area contributed by atoms with E-state index in [1.54, 1.807) is 12.1 Å². The molecule has 2 heterocycles. The Kier molecular flexibility index (Phi) is 6.05. The van der Waals surface area contributed by atoms with Crippen molar-refractivity contribution in [1.29, 1.82) is 0 Å². The number of ether oxygens (including phenoxy) is 2. The molecule has 2 aliphatic rings. The number of methoxy groups -OCH3 is 2. The van der Waals surface area contributed by atoms with Crippen LogP contribution in [0, 0.1) is 0 Å². The first-order chi connectivity index (χ1) is 14.9. The van der Waals surface area contributed by atoms with E-state index in [9.17, 15) is 18.0 Å². The summed E-state index contributed by atoms with van der Waals surface area (Å²) in [7, 11) is -1.03. The van der Waals surface area contributed by atoms with Crippen LogP contribution in [-0.4, -0.2) is 51.4 Å². The molecule has 0 radical (unpaired) electrons. The average Bonchev–Trinajstić information content (AvgIpc) is 3.49. The molecular weight excluding hydrogens is 440 g/mol. The van der Waals surface area contributed by atoms with Crippen LogP contribution in [0.4, 0.5) is 5.00 Å². The van der Waals surface area contributed by atoms with Crippen molar-refractivity contribution in [2.24, 2.45) is 0 Å². The Labute approximate surface area is 185 Å². The molecule has 31 heavy (non-hydrogen) atoms. The average molecular weight is 465 g/mol. The SMILES string of the molecule is COC(=O)c1c(NC(=O)C2CCCN2S(=O)(=O)c2ccc(OC)cc2)sc2c1CCC2. The van der Waals surface area contributed by atoms with E-state index in [1.807, 2.05) is 0 Å². The third-order valence-corrected chi connectivity index (χ3v) is 8.85. The van der Waals surface area contributed by atoms with Crippen molar-refractivity contribution in [3.8, 4) is 5.75 Å². The monoisotopic (exact) mass is 464 g/mol. The Morgan fingerprint density at radius 3 is 2.55 bits per heavy atom. The molecule has 2 aromatic rings. The number of benzene rings is 1. The molecule has 0 spiro atoms. The Morgan fingerprint density at radius 1 is 1.13 bits per heavy atom. The van der Waals surface area contributed by atoms with Crippen molar-refractivity contribution in [3.63, 3.8) is 0 Å². The maximum atomic E-state index is 13.2. The van der Waals surface area contributed by atoms with Crippen LogP contribution >= 0.6 is 11.3 Å². The molecule has 1 aliphatic heterocycles. The van der Waals surface area contributed by atoms with Crippen LogP contribution < -0.4 is 10.1 Å². The number of sulfonamides is 1. The number of esters is 1. The minimum atomic E-state index is -3.85. The first kappa shape index (κ1) is 21.8. The molecule has 166 valence electrons. The Bertz CT molecular complexity index is 1110. The van der Waals surface area contributed by atoms with Crippen LogP contribution in [0.15, 0.2) is 29.2 Å². The van der Waals surface area contributed by atoms with E-state index in [-0.39, 0.29) is 11.4 Å². The third-order valence-electron chi connectivity index (χ3n) is 5.72. The van der Waals surface area contributed by atoms with Crippen molar-refractivity contribution < 1.29 is 27.5 Å². The van der Waals surface area contributed by atoms with Crippen LogP contribution in [0.5, 0.6) is 5.75 Å². The fourth-order valence-electron chi connectivity index (χ4n) is 4.18. The number of anilines is 1. The zero-order valence-electron chi connectivity index (χ0n) is 17.3. The highest BCUT2D eigenvalue weighted by Gasteiger charge is 2.40. The molecule has 1 N–H and O–H groups in total. The molecule has 10 heteroatoms. The van der Waals surface area contributed by atoms with E-state index in [2.05, 4.69) is 5.32 Å². The van der Waals surface area contributed by atoms with Crippen molar-refractivity contribution in [2.75, 3.05) is 26.1 Å². The Balaban J connectivity index is 1.58. The maximum Gasteiger partial charge on any atom is 0.341 e.